The van der Waals surface area contributed by atoms with Crippen LogP contribution in [-0.2, 0) is 16.1 Å². The lowest BCUT2D eigenvalue weighted by Gasteiger charge is -2.34. The fourth-order valence-corrected chi connectivity index (χ4v) is 5.06. The zero-order valence-corrected chi connectivity index (χ0v) is 22.3. The Bertz CT molecular complexity index is 1430. The summed E-state index contributed by atoms with van der Waals surface area (Å²) in [5, 5.41) is 3.18. The number of carbonyl (C=O) groups is 3. The monoisotopic (exact) mass is 548 g/mol. The number of halogens is 2. The SMILES string of the molecule is Cc1c(Cl)cccc1N1C(=O)C(Cl)=C(Nc2cccc(C(=O)N3CCN(Cc4ccccc4)CC3)c2)C1=O. The second-order valence-electron chi connectivity index (χ2n) is 9.28. The van der Waals surface area contributed by atoms with Gasteiger partial charge in [0.1, 0.15) is 10.7 Å². The van der Waals surface area contributed by atoms with Crippen molar-refractivity contribution in [2.24, 2.45) is 0 Å². The van der Waals surface area contributed by atoms with Crippen LogP contribution in [0.5, 0.6) is 0 Å². The van der Waals surface area contributed by atoms with Gasteiger partial charge in [0.15, 0.2) is 0 Å². The number of nitrogens with one attached hydrogen (secondary N) is 1. The van der Waals surface area contributed by atoms with Gasteiger partial charge in [-0.15, -0.1) is 0 Å². The number of amides is 3. The average molecular weight is 549 g/mol. The van der Waals surface area contributed by atoms with Gasteiger partial charge in [-0.1, -0.05) is 65.7 Å². The van der Waals surface area contributed by atoms with Crippen LogP contribution >= 0.6 is 23.2 Å². The van der Waals surface area contributed by atoms with Gasteiger partial charge in [-0.2, -0.15) is 0 Å². The minimum absolute atomic E-state index is 0.0461. The lowest BCUT2D eigenvalue weighted by molar-refractivity contribution is -0.120. The van der Waals surface area contributed by atoms with Gasteiger partial charge in [0.25, 0.3) is 17.7 Å². The van der Waals surface area contributed by atoms with E-state index in [2.05, 4.69) is 22.3 Å². The summed E-state index contributed by atoms with van der Waals surface area (Å²) < 4.78 is 0. The van der Waals surface area contributed by atoms with Crippen molar-refractivity contribution >= 4 is 52.3 Å². The summed E-state index contributed by atoms with van der Waals surface area (Å²) in [5.74, 6) is -1.31. The van der Waals surface area contributed by atoms with Crippen LogP contribution in [-0.4, -0.2) is 53.7 Å². The Morgan fingerprint density at radius 1 is 0.868 bits per heavy atom. The lowest BCUT2D eigenvalue weighted by atomic mass is 10.1. The third-order valence-corrected chi connectivity index (χ3v) is 7.55. The molecule has 0 bridgehead atoms. The third-order valence-electron chi connectivity index (χ3n) is 6.79. The Labute approximate surface area is 231 Å². The molecule has 1 N–H and O–H groups in total. The normalized spacial score (nSPS) is 16.4. The zero-order chi connectivity index (χ0) is 26.8. The molecular formula is C29H26Cl2N4O3. The Kier molecular flexibility index (Phi) is 7.51. The molecular weight excluding hydrogens is 523 g/mol. The van der Waals surface area contributed by atoms with Gasteiger partial charge < -0.3 is 10.2 Å². The van der Waals surface area contributed by atoms with Gasteiger partial charge in [0, 0.05) is 49.0 Å². The summed E-state index contributed by atoms with van der Waals surface area (Å²) in [5.41, 5.74) is 3.15. The lowest BCUT2D eigenvalue weighted by Crippen LogP contribution is -2.48. The molecule has 3 aromatic rings. The second-order valence-corrected chi connectivity index (χ2v) is 10.1. The van der Waals surface area contributed by atoms with Crippen molar-refractivity contribution in [2.75, 3.05) is 36.4 Å². The number of piperazine rings is 1. The topological polar surface area (TPSA) is 73.0 Å². The van der Waals surface area contributed by atoms with Crippen molar-refractivity contribution in [1.82, 2.24) is 9.80 Å². The number of anilines is 2. The molecule has 38 heavy (non-hydrogen) atoms. The zero-order valence-electron chi connectivity index (χ0n) is 20.8. The van der Waals surface area contributed by atoms with Gasteiger partial charge in [0.2, 0.25) is 0 Å². The Morgan fingerprint density at radius 2 is 1.58 bits per heavy atom. The molecule has 194 valence electrons. The fourth-order valence-electron chi connectivity index (χ4n) is 4.68. The van der Waals surface area contributed by atoms with E-state index < -0.39 is 11.8 Å². The van der Waals surface area contributed by atoms with Gasteiger partial charge >= 0.3 is 0 Å². The van der Waals surface area contributed by atoms with Gasteiger partial charge in [-0.05, 0) is 48.4 Å². The summed E-state index contributed by atoms with van der Waals surface area (Å²) in [4.78, 5) is 44.5. The Hall–Kier alpha value is -3.65. The summed E-state index contributed by atoms with van der Waals surface area (Å²) >= 11 is 12.5. The molecule has 2 heterocycles. The minimum atomic E-state index is -0.634. The molecule has 5 rings (SSSR count). The standard InChI is InChI=1S/C29H26Cl2N4O3/c1-19-23(30)11-6-12-24(19)35-28(37)25(31)26(29(35)38)32-22-10-5-9-21(17-22)27(36)34-15-13-33(14-16-34)18-20-7-3-2-4-8-20/h2-12,17,32H,13-16,18H2,1H3. The molecule has 0 atom stereocenters. The quantitative estimate of drug-likeness (QED) is 0.437. The highest BCUT2D eigenvalue weighted by atomic mass is 35.5. The van der Waals surface area contributed by atoms with Crippen molar-refractivity contribution < 1.29 is 14.4 Å². The molecule has 7 nitrogen and oxygen atoms in total. The Balaban J connectivity index is 1.26. The summed E-state index contributed by atoms with van der Waals surface area (Å²) in [6, 6.07) is 22.1. The molecule has 0 spiro atoms. The van der Waals surface area contributed by atoms with Crippen molar-refractivity contribution in [2.45, 2.75) is 13.5 Å². The van der Waals surface area contributed by atoms with E-state index >= 15 is 0 Å². The smallest absolute Gasteiger partial charge is 0.283 e. The van der Waals surface area contributed by atoms with Crippen molar-refractivity contribution in [1.29, 1.82) is 0 Å². The first-order valence-electron chi connectivity index (χ1n) is 12.3. The van der Waals surface area contributed by atoms with E-state index in [1.807, 2.05) is 23.1 Å². The van der Waals surface area contributed by atoms with E-state index in [0.29, 0.717) is 40.6 Å². The van der Waals surface area contributed by atoms with E-state index in [4.69, 9.17) is 23.2 Å². The largest absolute Gasteiger partial charge is 0.350 e. The number of benzene rings is 3. The van der Waals surface area contributed by atoms with E-state index in [-0.39, 0.29) is 16.6 Å². The molecule has 3 amide bonds. The molecule has 3 aromatic carbocycles. The molecule has 2 aliphatic heterocycles. The van der Waals surface area contributed by atoms with Gasteiger partial charge in [-0.25, -0.2) is 4.90 Å². The van der Waals surface area contributed by atoms with Crippen molar-refractivity contribution in [3.05, 3.63) is 105 Å². The van der Waals surface area contributed by atoms with Crippen LogP contribution in [0.4, 0.5) is 11.4 Å². The summed E-state index contributed by atoms with van der Waals surface area (Å²) in [6.45, 7) is 5.42. The third kappa shape index (κ3) is 5.18. The molecule has 0 saturated carbocycles. The molecule has 1 saturated heterocycles. The number of hydrogen-bond donors (Lipinski definition) is 1. The van der Waals surface area contributed by atoms with Crippen LogP contribution in [0.25, 0.3) is 0 Å². The van der Waals surface area contributed by atoms with Crippen LogP contribution in [0.1, 0.15) is 21.5 Å². The van der Waals surface area contributed by atoms with Crippen molar-refractivity contribution in [3.8, 4) is 0 Å². The number of imide groups is 1. The minimum Gasteiger partial charge on any atom is -0.350 e. The van der Waals surface area contributed by atoms with E-state index in [1.165, 1.54) is 5.56 Å². The van der Waals surface area contributed by atoms with Crippen LogP contribution < -0.4 is 10.2 Å². The molecule has 0 unspecified atom stereocenters. The van der Waals surface area contributed by atoms with Gasteiger partial charge in [0.05, 0.1) is 5.69 Å². The molecule has 1 fully saturated rings. The maximum atomic E-state index is 13.2. The maximum Gasteiger partial charge on any atom is 0.283 e. The predicted molar refractivity (Wildman–Crippen MR) is 149 cm³/mol. The molecule has 2 aliphatic rings. The number of nitrogens with zero attached hydrogens (tertiary/aromatic N) is 3. The highest BCUT2D eigenvalue weighted by molar-refractivity contribution is 6.53. The summed E-state index contributed by atoms with van der Waals surface area (Å²) in [7, 11) is 0. The first-order chi connectivity index (χ1) is 18.3. The fraction of sp³-hybridized carbons (Fsp3) is 0.207. The maximum absolute atomic E-state index is 13.2. The van der Waals surface area contributed by atoms with Crippen LogP contribution in [0.15, 0.2) is 83.5 Å². The predicted octanol–water partition coefficient (Wildman–Crippen LogP) is 5.04. The van der Waals surface area contributed by atoms with Crippen LogP contribution in [0, 0.1) is 6.92 Å². The average Bonchev–Trinajstić information content (AvgIpc) is 3.14. The summed E-state index contributed by atoms with van der Waals surface area (Å²) in [6.07, 6.45) is 0. The first kappa shape index (κ1) is 26.0. The number of carbonyl (C=O) groups excluding carboxylic acids is 3. The van der Waals surface area contributed by atoms with Crippen LogP contribution in [0.3, 0.4) is 0 Å². The number of hydrogen-bond acceptors (Lipinski definition) is 5. The van der Waals surface area contributed by atoms with E-state index in [1.54, 1.807) is 49.4 Å². The van der Waals surface area contributed by atoms with Crippen molar-refractivity contribution in [3.63, 3.8) is 0 Å². The molecule has 9 heteroatoms. The number of rotatable bonds is 6. The molecule has 0 aromatic heterocycles. The highest BCUT2D eigenvalue weighted by Gasteiger charge is 2.39. The molecule has 0 radical (unpaired) electrons. The van der Waals surface area contributed by atoms with E-state index in [9.17, 15) is 14.4 Å². The highest BCUT2D eigenvalue weighted by Crippen LogP contribution is 2.34. The van der Waals surface area contributed by atoms with Gasteiger partial charge in [-0.3, -0.25) is 19.3 Å². The van der Waals surface area contributed by atoms with Crippen LogP contribution in [0.2, 0.25) is 5.02 Å². The van der Waals surface area contributed by atoms with E-state index in [0.717, 1.165) is 24.5 Å². The second kappa shape index (κ2) is 11.0. The first-order valence-corrected chi connectivity index (χ1v) is 13.1. The molecule has 0 aliphatic carbocycles. The Morgan fingerprint density at radius 3 is 2.32 bits per heavy atom.